The molecule has 1 aliphatic rings. The highest BCUT2D eigenvalue weighted by atomic mass is 32.1. The Balaban J connectivity index is 1.33. The van der Waals surface area contributed by atoms with E-state index in [0.29, 0.717) is 6.04 Å². The van der Waals surface area contributed by atoms with Crippen LogP contribution in [0.15, 0.2) is 42.7 Å². The maximum absolute atomic E-state index is 12.4. The minimum atomic E-state index is -0.251. The first-order valence-electron chi connectivity index (χ1n) is 9.89. The fraction of sp³-hybridized carbons (Fsp3) is 0.381. The molecule has 0 atom stereocenters. The first kappa shape index (κ1) is 19.6. The van der Waals surface area contributed by atoms with Gasteiger partial charge in [-0.1, -0.05) is 18.2 Å². The molecule has 1 saturated heterocycles. The quantitative estimate of drug-likeness (QED) is 0.652. The number of anilines is 2. The van der Waals surface area contributed by atoms with Crippen LogP contribution < -0.4 is 10.6 Å². The van der Waals surface area contributed by atoms with Gasteiger partial charge in [0.15, 0.2) is 0 Å². The van der Waals surface area contributed by atoms with E-state index in [0.717, 1.165) is 54.6 Å². The third-order valence-corrected chi connectivity index (χ3v) is 6.15. The lowest BCUT2D eigenvalue weighted by Crippen LogP contribution is -2.35. The fourth-order valence-corrected chi connectivity index (χ4v) is 4.55. The van der Waals surface area contributed by atoms with E-state index in [1.165, 1.54) is 4.88 Å². The van der Waals surface area contributed by atoms with Crippen molar-refractivity contribution in [1.82, 2.24) is 19.7 Å². The number of aryl methyl sites for hydroxylation is 2. The summed E-state index contributed by atoms with van der Waals surface area (Å²) in [6.45, 7) is 7.00. The normalized spacial score (nSPS) is 15.4. The molecule has 0 bridgehead atoms. The van der Waals surface area contributed by atoms with Crippen molar-refractivity contribution in [2.75, 3.05) is 23.7 Å². The van der Waals surface area contributed by atoms with Crippen LogP contribution in [0.1, 0.15) is 34.3 Å². The molecule has 1 aromatic carbocycles. The molecule has 7 nitrogen and oxygen atoms in total. The van der Waals surface area contributed by atoms with Crippen molar-refractivity contribution >= 4 is 28.9 Å². The van der Waals surface area contributed by atoms with Crippen molar-refractivity contribution in [1.29, 1.82) is 0 Å². The summed E-state index contributed by atoms with van der Waals surface area (Å²) in [5.74, 6) is 0.729. The Kier molecular flexibility index (Phi) is 5.92. The van der Waals surface area contributed by atoms with E-state index in [1.807, 2.05) is 55.1 Å². The standard InChI is InChI=1S/C21H26N6OS/c1-15-5-3-4-6-19(15)24-21(28)25-20-7-10-23-27(20)17-8-11-26(12-9-17)14-18-13-22-16(2)29-18/h3-7,10,13,17H,8-9,11-12,14H2,1-2H3,(H2,24,25,28). The van der Waals surface area contributed by atoms with Crippen LogP contribution in [-0.4, -0.2) is 38.8 Å². The number of aromatic nitrogens is 3. The van der Waals surface area contributed by atoms with Crippen molar-refractivity contribution in [2.24, 2.45) is 0 Å². The van der Waals surface area contributed by atoms with Crippen molar-refractivity contribution in [3.63, 3.8) is 0 Å². The van der Waals surface area contributed by atoms with E-state index in [4.69, 9.17) is 0 Å². The summed E-state index contributed by atoms with van der Waals surface area (Å²) < 4.78 is 1.95. The second-order valence-corrected chi connectivity index (χ2v) is 8.73. The summed E-state index contributed by atoms with van der Waals surface area (Å²) in [7, 11) is 0. The van der Waals surface area contributed by atoms with Gasteiger partial charge in [0.25, 0.3) is 0 Å². The highest BCUT2D eigenvalue weighted by Crippen LogP contribution is 2.27. The summed E-state index contributed by atoms with van der Waals surface area (Å²) in [6, 6.07) is 9.62. The second-order valence-electron chi connectivity index (χ2n) is 7.41. The molecule has 0 saturated carbocycles. The molecule has 3 aromatic rings. The van der Waals surface area contributed by atoms with Crippen LogP contribution in [0.4, 0.5) is 16.3 Å². The molecular formula is C21H26N6OS. The van der Waals surface area contributed by atoms with Gasteiger partial charge < -0.3 is 5.32 Å². The number of nitrogens with zero attached hydrogens (tertiary/aromatic N) is 4. The van der Waals surface area contributed by atoms with Gasteiger partial charge in [-0.25, -0.2) is 14.5 Å². The largest absolute Gasteiger partial charge is 0.324 e. The van der Waals surface area contributed by atoms with Gasteiger partial charge in [-0.15, -0.1) is 11.3 Å². The van der Waals surface area contributed by atoms with E-state index in [2.05, 4.69) is 25.6 Å². The zero-order valence-corrected chi connectivity index (χ0v) is 17.6. The zero-order chi connectivity index (χ0) is 20.2. The van der Waals surface area contributed by atoms with Gasteiger partial charge >= 0.3 is 6.03 Å². The Morgan fingerprint density at radius 3 is 2.69 bits per heavy atom. The van der Waals surface area contributed by atoms with Crippen molar-refractivity contribution < 1.29 is 4.79 Å². The Morgan fingerprint density at radius 1 is 1.17 bits per heavy atom. The van der Waals surface area contributed by atoms with E-state index in [9.17, 15) is 4.79 Å². The summed E-state index contributed by atoms with van der Waals surface area (Å²) in [4.78, 5) is 20.6. The average Bonchev–Trinajstić information content (AvgIpc) is 3.33. The molecule has 0 aliphatic carbocycles. The number of amides is 2. The molecule has 1 aliphatic heterocycles. The van der Waals surface area contributed by atoms with Gasteiger partial charge in [0.2, 0.25) is 0 Å². The molecule has 8 heteroatoms. The lowest BCUT2D eigenvalue weighted by atomic mass is 10.1. The molecule has 3 heterocycles. The van der Waals surface area contributed by atoms with Gasteiger partial charge in [-0.05, 0) is 38.3 Å². The van der Waals surface area contributed by atoms with E-state index in [-0.39, 0.29) is 6.03 Å². The molecule has 0 unspecified atom stereocenters. The van der Waals surface area contributed by atoms with Crippen LogP contribution in [0.3, 0.4) is 0 Å². The number of nitrogens with one attached hydrogen (secondary N) is 2. The number of rotatable bonds is 5. The smallest absolute Gasteiger partial charge is 0.307 e. The van der Waals surface area contributed by atoms with Crippen molar-refractivity contribution in [3.8, 4) is 0 Å². The average molecular weight is 411 g/mol. The predicted octanol–water partition coefficient (Wildman–Crippen LogP) is 4.44. The minimum absolute atomic E-state index is 0.251. The van der Waals surface area contributed by atoms with Crippen LogP contribution >= 0.6 is 11.3 Å². The van der Waals surface area contributed by atoms with Gasteiger partial charge in [0, 0.05) is 42.5 Å². The van der Waals surface area contributed by atoms with Crippen LogP contribution in [0.25, 0.3) is 0 Å². The number of hydrogen-bond donors (Lipinski definition) is 2. The molecule has 152 valence electrons. The maximum Gasteiger partial charge on any atom is 0.324 e. The number of urea groups is 1. The number of carbonyl (C=O) groups is 1. The summed E-state index contributed by atoms with van der Waals surface area (Å²) in [6.07, 6.45) is 5.74. The van der Waals surface area contributed by atoms with Gasteiger partial charge in [0.05, 0.1) is 17.2 Å². The first-order valence-corrected chi connectivity index (χ1v) is 10.7. The highest BCUT2D eigenvalue weighted by Gasteiger charge is 2.23. The number of hydrogen-bond acceptors (Lipinski definition) is 5. The van der Waals surface area contributed by atoms with Crippen molar-refractivity contribution in [2.45, 2.75) is 39.3 Å². The van der Waals surface area contributed by atoms with Crippen LogP contribution in [0, 0.1) is 13.8 Å². The number of likely N-dealkylation sites (tertiary alicyclic amines) is 1. The van der Waals surface area contributed by atoms with Crippen molar-refractivity contribution in [3.05, 3.63) is 58.2 Å². The molecule has 29 heavy (non-hydrogen) atoms. The maximum atomic E-state index is 12.4. The van der Waals surface area contributed by atoms with Crippen LogP contribution in [0.5, 0.6) is 0 Å². The predicted molar refractivity (Wildman–Crippen MR) is 116 cm³/mol. The lowest BCUT2D eigenvalue weighted by molar-refractivity contribution is 0.175. The molecule has 2 amide bonds. The Bertz CT molecular complexity index is 973. The van der Waals surface area contributed by atoms with Gasteiger partial charge in [-0.3, -0.25) is 10.2 Å². The third kappa shape index (κ3) is 4.83. The lowest BCUT2D eigenvalue weighted by Gasteiger charge is -2.32. The highest BCUT2D eigenvalue weighted by molar-refractivity contribution is 7.11. The monoisotopic (exact) mass is 410 g/mol. The molecule has 2 aromatic heterocycles. The molecular weight excluding hydrogens is 384 g/mol. The second kappa shape index (κ2) is 8.75. The van der Waals surface area contributed by atoms with Crippen LogP contribution in [-0.2, 0) is 6.54 Å². The Hall–Kier alpha value is -2.71. The van der Waals surface area contributed by atoms with E-state index >= 15 is 0 Å². The van der Waals surface area contributed by atoms with Gasteiger partial charge in [0.1, 0.15) is 5.82 Å². The SMILES string of the molecule is Cc1ncc(CN2CCC(n3nccc3NC(=O)Nc3ccccc3C)CC2)s1. The van der Waals surface area contributed by atoms with Crippen LogP contribution in [0.2, 0.25) is 0 Å². The minimum Gasteiger partial charge on any atom is -0.307 e. The summed E-state index contributed by atoms with van der Waals surface area (Å²) in [5, 5.41) is 11.5. The number of benzene rings is 1. The molecule has 0 radical (unpaired) electrons. The number of piperidine rings is 1. The van der Waals surface area contributed by atoms with E-state index < -0.39 is 0 Å². The summed E-state index contributed by atoms with van der Waals surface area (Å²) in [5.41, 5.74) is 1.84. The Morgan fingerprint density at radius 2 is 1.97 bits per heavy atom. The molecule has 4 rings (SSSR count). The fourth-order valence-electron chi connectivity index (χ4n) is 3.71. The zero-order valence-electron chi connectivity index (χ0n) is 16.8. The molecule has 2 N–H and O–H groups in total. The number of thiazole rings is 1. The number of para-hydroxylation sites is 1. The Labute approximate surface area is 174 Å². The molecule has 1 fully saturated rings. The van der Waals surface area contributed by atoms with Gasteiger partial charge in [-0.2, -0.15) is 5.10 Å². The molecule has 0 spiro atoms. The van der Waals surface area contributed by atoms with E-state index in [1.54, 1.807) is 17.5 Å². The summed E-state index contributed by atoms with van der Waals surface area (Å²) >= 11 is 1.77. The third-order valence-electron chi connectivity index (χ3n) is 5.26. The first-order chi connectivity index (χ1) is 14.1. The topological polar surface area (TPSA) is 75.1 Å². The number of carbonyl (C=O) groups excluding carboxylic acids is 1.